The highest BCUT2D eigenvalue weighted by molar-refractivity contribution is 6.66. The fourth-order valence-corrected chi connectivity index (χ4v) is 4.64. The van der Waals surface area contributed by atoms with Crippen LogP contribution in [-0.4, -0.2) is 49.5 Å². The molecule has 16 heteroatoms. The van der Waals surface area contributed by atoms with E-state index in [4.69, 9.17) is 49.8 Å². The Bertz CT molecular complexity index is 2180. The van der Waals surface area contributed by atoms with E-state index in [1.54, 1.807) is 60.9 Å². The van der Waals surface area contributed by atoms with Crippen LogP contribution in [0.1, 0.15) is 39.0 Å². The molecule has 2 amide bonds. The lowest BCUT2D eigenvalue weighted by atomic mass is 10.2. The first kappa shape index (κ1) is 43.2. The molecular weight excluding hydrogens is 789 g/mol. The molecule has 4 N–H and O–H groups in total. The Labute approximate surface area is 343 Å². The lowest BCUT2D eigenvalue weighted by Crippen LogP contribution is -2.30. The van der Waals surface area contributed by atoms with E-state index >= 15 is 0 Å². The van der Waals surface area contributed by atoms with Crippen LogP contribution in [0, 0.1) is 0 Å². The lowest BCUT2D eigenvalue weighted by molar-refractivity contribution is 0.0940. The average molecular weight is 825 g/mol. The maximum atomic E-state index is 11.8. The van der Waals surface area contributed by atoms with Gasteiger partial charge in [0.25, 0.3) is 17.7 Å². The number of aromatic nitrogens is 5. The summed E-state index contributed by atoms with van der Waals surface area (Å²) >= 11 is 16.8. The number of benzene rings is 3. The number of carbonyl (C=O) groups excluding carboxylic acids is 2. The van der Waals surface area contributed by atoms with Gasteiger partial charge in [-0.15, -0.1) is 15.3 Å². The molecule has 0 unspecified atom stereocenters. The summed E-state index contributed by atoms with van der Waals surface area (Å²) in [5, 5.41) is 12.0. The number of nitrogens with two attached hydrogens (primary N) is 1. The Morgan fingerprint density at radius 3 is 1.67 bits per heavy atom. The number of hydrazine groups is 1. The normalized spacial score (nSPS) is 10.5. The highest BCUT2D eigenvalue weighted by Crippen LogP contribution is 2.37. The molecule has 7 rings (SSSR count). The number of amides is 2. The van der Waals surface area contributed by atoms with Crippen LogP contribution in [0.2, 0.25) is 0 Å². The van der Waals surface area contributed by atoms with Crippen molar-refractivity contribution in [2.75, 3.05) is 6.61 Å². The number of hydrogen-bond acceptors (Lipinski definition) is 11. The van der Waals surface area contributed by atoms with Gasteiger partial charge in [-0.2, -0.15) is 0 Å². The van der Waals surface area contributed by atoms with Crippen LogP contribution in [0.5, 0.6) is 0 Å². The van der Waals surface area contributed by atoms with Gasteiger partial charge in [0.1, 0.15) is 17.1 Å². The quantitative estimate of drug-likeness (QED) is 0.0354. The van der Waals surface area contributed by atoms with E-state index in [9.17, 15) is 9.59 Å². The number of alkyl halides is 3. The molecule has 13 nitrogen and oxygen atoms in total. The maximum absolute atomic E-state index is 11.8. The van der Waals surface area contributed by atoms with Gasteiger partial charge in [0.15, 0.2) is 0 Å². The van der Waals surface area contributed by atoms with Gasteiger partial charge >= 0.3 is 0 Å². The zero-order valence-corrected chi connectivity index (χ0v) is 32.6. The number of carbonyl (C=O) groups is 2. The minimum absolute atomic E-state index is 0.306. The monoisotopic (exact) mass is 823 g/mol. The molecule has 0 fully saturated rings. The number of ether oxygens (including phenoxy) is 1. The van der Waals surface area contributed by atoms with Crippen LogP contribution in [-0.2, 0) is 8.53 Å². The smallest absolute Gasteiger partial charge is 0.290 e. The number of nitrogens with zero attached hydrogens (tertiary/aromatic N) is 6. The van der Waals surface area contributed by atoms with E-state index in [-0.39, 0.29) is 11.8 Å². The van der Waals surface area contributed by atoms with Crippen LogP contribution in [0.15, 0.2) is 174 Å². The molecule has 0 aliphatic heterocycles. The second-order valence-electron chi connectivity index (χ2n) is 10.9. The van der Waals surface area contributed by atoms with Crippen molar-refractivity contribution < 1.29 is 18.7 Å². The number of hydrogen-bond donors (Lipinski definition) is 3. The molecule has 0 bridgehead atoms. The van der Waals surface area contributed by atoms with Crippen molar-refractivity contribution in [3.63, 3.8) is 0 Å². The fraction of sp³-hybridized carbons (Fsp3) is 0.0732. The van der Waals surface area contributed by atoms with Crippen molar-refractivity contribution in [3.8, 4) is 23.0 Å². The zero-order valence-electron chi connectivity index (χ0n) is 30.3. The van der Waals surface area contributed by atoms with Crippen LogP contribution in [0.25, 0.3) is 23.0 Å². The minimum Gasteiger partial charge on any atom is -0.477 e. The molecule has 0 aliphatic rings. The van der Waals surface area contributed by atoms with Crippen molar-refractivity contribution >= 4 is 52.5 Å². The number of rotatable bonds is 7. The SMILES string of the molecule is CCO/C(=N\NC(=O)c1ccccn1)c1ccccc1.ClC(Cl)(Cl)c1ccccc1.NNC(=O)c1ccccn1.c1ccc(-c2nnc(-c3ccccn3)o2)cc1. The lowest BCUT2D eigenvalue weighted by Gasteiger charge is -2.09. The van der Waals surface area contributed by atoms with Gasteiger partial charge in [-0.05, 0) is 67.6 Å². The van der Waals surface area contributed by atoms with Gasteiger partial charge in [0.2, 0.25) is 15.6 Å². The Hall–Kier alpha value is -6.51. The number of nitrogen functional groups attached to an aromatic ring is 1. The Kier molecular flexibility index (Phi) is 17.8. The Balaban J connectivity index is 0.000000176. The second kappa shape index (κ2) is 23.4. The molecule has 0 radical (unpaired) electrons. The summed E-state index contributed by atoms with van der Waals surface area (Å²) in [5.74, 6) is 5.43. The summed E-state index contributed by atoms with van der Waals surface area (Å²) in [6, 6.07) is 43.8. The van der Waals surface area contributed by atoms with E-state index in [2.05, 4.69) is 35.7 Å². The van der Waals surface area contributed by atoms with Crippen molar-refractivity contribution in [2.45, 2.75) is 10.7 Å². The third-order valence-corrected chi connectivity index (χ3v) is 7.57. The van der Waals surface area contributed by atoms with E-state index in [1.807, 2.05) is 109 Å². The predicted molar refractivity (Wildman–Crippen MR) is 221 cm³/mol. The third-order valence-electron chi connectivity index (χ3n) is 6.92. The third kappa shape index (κ3) is 14.9. The van der Waals surface area contributed by atoms with Gasteiger partial charge in [0.05, 0.1) is 6.61 Å². The summed E-state index contributed by atoms with van der Waals surface area (Å²) < 4.78 is 9.71. The summed E-state index contributed by atoms with van der Waals surface area (Å²) in [6.45, 7) is 2.33. The molecule has 3 aromatic carbocycles. The minimum atomic E-state index is -1.29. The molecule has 7 aromatic rings. The topological polar surface area (TPSA) is 183 Å². The highest BCUT2D eigenvalue weighted by atomic mass is 35.6. The molecular formula is C41H36Cl3N9O4. The van der Waals surface area contributed by atoms with Crippen molar-refractivity contribution in [1.29, 1.82) is 0 Å². The van der Waals surface area contributed by atoms with Crippen molar-refractivity contribution in [2.24, 2.45) is 10.9 Å². The Morgan fingerprint density at radius 2 is 1.18 bits per heavy atom. The summed E-state index contributed by atoms with van der Waals surface area (Å²) in [6.07, 6.45) is 4.78. The van der Waals surface area contributed by atoms with Crippen LogP contribution < -0.4 is 16.7 Å². The van der Waals surface area contributed by atoms with Gasteiger partial charge in [-0.3, -0.25) is 30.0 Å². The van der Waals surface area contributed by atoms with Crippen LogP contribution >= 0.6 is 34.8 Å². The molecule has 0 atom stereocenters. The van der Waals surface area contributed by atoms with Crippen LogP contribution in [0.3, 0.4) is 0 Å². The summed E-state index contributed by atoms with van der Waals surface area (Å²) in [7, 11) is 0. The average Bonchev–Trinajstić information content (AvgIpc) is 3.78. The molecule has 57 heavy (non-hydrogen) atoms. The maximum Gasteiger partial charge on any atom is 0.290 e. The molecule has 0 aliphatic carbocycles. The molecule has 0 saturated heterocycles. The number of pyridine rings is 3. The fourth-order valence-electron chi connectivity index (χ4n) is 4.27. The largest absolute Gasteiger partial charge is 0.477 e. The van der Waals surface area contributed by atoms with Crippen LogP contribution in [0.4, 0.5) is 0 Å². The summed E-state index contributed by atoms with van der Waals surface area (Å²) in [5.41, 5.74) is 8.14. The first-order valence-electron chi connectivity index (χ1n) is 17.0. The first-order chi connectivity index (χ1) is 27.7. The van der Waals surface area contributed by atoms with E-state index < -0.39 is 3.79 Å². The zero-order chi connectivity index (χ0) is 40.7. The van der Waals surface area contributed by atoms with Gasteiger partial charge in [-0.1, -0.05) is 120 Å². The standard InChI is InChI=1S/C15H15N3O2.C13H9N3O.C7H5Cl3.C6H7N3O/c1-2-20-15(12-8-4-3-5-9-12)18-17-14(19)13-10-6-7-11-16-13;1-2-6-10(7-3-1)12-15-16-13(17-12)11-8-4-5-9-14-11;8-7(9,10)6-4-2-1-3-5-6;7-9-6(10)5-3-1-2-4-8-5/h3-11H,2H2,1H3,(H,17,19);1-9H;1-5H;1-4H,7H2,(H,9,10)/b18-15-;;;. The number of hydrazone groups is 1. The molecule has 0 saturated carbocycles. The Morgan fingerprint density at radius 1 is 0.667 bits per heavy atom. The molecule has 4 aromatic heterocycles. The predicted octanol–water partition coefficient (Wildman–Crippen LogP) is 8.21. The highest BCUT2D eigenvalue weighted by Gasteiger charge is 2.21. The van der Waals surface area contributed by atoms with Gasteiger partial charge in [-0.25, -0.2) is 11.3 Å². The number of halogens is 3. The second-order valence-corrected chi connectivity index (χ2v) is 13.2. The molecule has 0 spiro atoms. The molecule has 4 heterocycles. The van der Waals surface area contributed by atoms with E-state index in [0.717, 1.165) is 11.1 Å². The van der Waals surface area contributed by atoms with Crippen molar-refractivity contribution in [1.82, 2.24) is 36.0 Å². The van der Waals surface area contributed by atoms with E-state index in [0.29, 0.717) is 46.9 Å². The number of nitrogens with one attached hydrogen (secondary N) is 2. The summed E-state index contributed by atoms with van der Waals surface area (Å²) in [4.78, 5) is 34.4. The van der Waals surface area contributed by atoms with Gasteiger partial charge < -0.3 is 9.15 Å². The van der Waals surface area contributed by atoms with E-state index in [1.165, 1.54) is 6.20 Å². The van der Waals surface area contributed by atoms with Gasteiger partial charge in [0, 0.05) is 35.3 Å². The molecule has 290 valence electrons. The van der Waals surface area contributed by atoms with Crippen molar-refractivity contribution in [3.05, 3.63) is 187 Å². The first-order valence-corrected chi connectivity index (χ1v) is 18.1.